The fourth-order valence-electron chi connectivity index (χ4n) is 6.70. The van der Waals surface area contributed by atoms with Gasteiger partial charge in [0.1, 0.15) is 11.6 Å². The minimum Gasteiger partial charge on any atom is -0.395 e. The number of anilines is 1. The zero-order chi connectivity index (χ0) is 29.3. The van der Waals surface area contributed by atoms with E-state index in [0.29, 0.717) is 30.2 Å². The number of halogens is 2. The van der Waals surface area contributed by atoms with Crippen molar-refractivity contribution in [3.63, 3.8) is 0 Å². The highest BCUT2D eigenvalue weighted by atomic mass is 79.9. The van der Waals surface area contributed by atoms with Crippen LogP contribution in [0.1, 0.15) is 12.0 Å². The van der Waals surface area contributed by atoms with Crippen molar-refractivity contribution in [3.05, 3.63) is 90.5 Å². The average Bonchev–Trinajstić information content (AvgIpc) is 3.55. The molecule has 3 aliphatic heterocycles. The van der Waals surface area contributed by atoms with Gasteiger partial charge >= 0.3 is 0 Å². The van der Waals surface area contributed by atoms with Crippen molar-refractivity contribution in [3.8, 4) is 0 Å². The van der Waals surface area contributed by atoms with Crippen LogP contribution in [0.4, 0.5) is 5.69 Å². The molecule has 6 atom stereocenters. The molecular formula is C31H33BrClN3O5. The number of nitrogens with zero attached hydrogens (tertiary/aromatic N) is 3. The van der Waals surface area contributed by atoms with Gasteiger partial charge in [-0.15, -0.1) is 13.2 Å². The Morgan fingerprint density at radius 3 is 2.44 bits per heavy atom. The van der Waals surface area contributed by atoms with E-state index >= 15 is 0 Å². The van der Waals surface area contributed by atoms with Gasteiger partial charge in [0, 0.05) is 31.0 Å². The molecule has 3 unspecified atom stereocenters. The van der Waals surface area contributed by atoms with E-state index in [-0.39, 0.29) is 36.3 Å². The first kappa shape index (κ1) is 29.5. The first-order valence-electron chi connectivity index (χ1n) is 13.6. The topological polar surface area (TPSA) is 90.4 Å². The summed E-state index contributed by atoms with van der Waals surface area (Å²) in [5, 5.41) is 10.3. The molecule has 2 aromatic carbocycles. The fourth-order valence-corrected chi connectivity index (χ4v) is 7.88. The third-order valence-corrected chi connectivity index (χ3v) is 9.41. The Morgan fingerprint density at radius 1 is 1.10 bits per heavy atom. The summed E-state index contributed by atoms with van der Waals surface area (Å²) in [6, 6.07) is 15.5. The predicted molar refractivity (Wildman–Crippen MR) is 161 cm³/mol. The van der Waals surface area contributed by atoms with Gasteiger partial charge in [0.15, 0.2) is 0 Å². The number of amides is 3. The van der Waals surface area contributed by atoms with E-state index in [4.69, 9.17) is 16.3 Å². The van der Waals surface area contributed by atoms with Gasteiger partial charge in [-0.3, -0.25) is 14.4 Å². The van der Waals surface area contributed by atoms with Crippen LogP contribution in [0.3, 0.4) is 0 Å². The lowest BCUT2D eigenvalue weighted by Gasteiger charge is -2.37. The molecule has 3 heterocycles. The number of likely N-dealkylation sites (tertiary alicyclic amines) is 1. The van der Waals surface area contributed by atoms with Crippen LogP contribution in [0.5, 0.6) is 0 Å². The number of carbonyl (C=O) groups is 3. The number of aliphatic hydroxyl groups is 1. The Kier molecular flexibility index (Phi) is 8.70. The highest BCUT2D eigenvalue weighted by molar-refractivity contribution is 9.09. The SMILES string of the molecule is C=CCN(Cc1ccccc1)C(=O)[C@H]1[C@@H]2OC3(CC2Br)C(C(=O)N(CC=C)c2ccccc2Cl)N(CCO)C(=O)[C@H]13. The Morgan fingerprint density at radius 2 is 1.78 bits per heavy atom. The summed E-state index contributed by atoms with van der Waals surface area (Å²) >= 11 is 10.2. The molecule has 3 fully saturated rings. The lowest BCUT2D eigenvalue weighted by Crippen LogP contribution is -2.57. The van der Waals surface area contributed by atoms with Crippen molar-refractivity contribution in [1.29, 1.82) is 0 Å². The molecule has 2 bridgehead atoms. The van der Waals surface area contributed by atoms with Crippen molar-refractivity contribution in [1.82, 2.24) is 9.80 Å². The number of alkyl halides is 1. The lowest BCUT2D eigenvalue weighted by atomic mass is 9.70. The maximum Gasteiger partial charge on any atom is 0.253 e. The number of hydrogen-bond acceptors (Lipinski definition) is 5. The van der Waals surface area contributed by atoms with Crippen molar-refractivity contribution >= 4 is 50.9 Å². The van der Waals surface area contributed by atoms with Gasteiger partial charge in [-0.1, -0.05) is 82.1 Å². The monoisotopic (exact) mass is 641 g/mol. The number of ether oxygens (including phenoxy) is 1. The molecule has 0 aliphatic carbocycles. The molecule has 1 N–H and O–H groups in total. The summed E-state index contributed by atoms with van der Waals surface area (Å²) < 4.78 is 6.61. The number of hydrogen-bond donors (Lipinski definition) is 1. The van der Waals surface area contributed by atoms with Gasteiger partial charge in [0.05, 0.1) is 35.3 Å². The van der Waals surface area contributed by atoms with Gasteiger partial charge in [0.2, 0.25) is 11.8 Å². The molecule has 2 aromatic rings. The molecule has 3 aliphatic rings. The number of aliphatic hydroxyl groups excluding tert-OH is 1. The quantitative estimate of drug-likeness (QED) is 0.298. The lowest BCUT2D eigenvalue weighted by molar-refractivity contribution is -0.145. The number of carbonyl (C=O) groups excluding carboxylic acids is 3. The zero-order valence-corrected chi connectivity index (χ0v) is 24.9. The third-order valence-electron chi connectivity index (χ3n) is 8.25. The minimum absolute atomic E-state index is 0.0692. The van der Waals surface area contributed by atoms with Crippen LogP contribution in [0, 0.1) is 11.8 Å². The maximum absolute atomic E-state index is 14.4. The average molecular weight is 643 g/mol. The van der Waals surface area contributed by atoms with Gasteiger partial charge in [-0.2, -0.15) is 0 Å². The van der Waals surface area contributed by atoms with Crippen LogP contribution < -0.4 is 4.90 Å². The Labute approximate surface area is 253 Å². The van der Waals surface area contributed by atoms with Crippen molar-refractivity contribution in [2.45, 2.75) is 35.5 Å². The van der Waals surface area contributed by atoms with E-state index in [9.17, 15) is 19.5 Å². The first-order valence-corrected chi connectivity index (χ1v) is 14.9. The van der Waals surface area contributed by atoms with Gasteiger partial charge in [0.25, 0.3) is 5.91 Å². The smallest absolute Gasteiger partial charge is 0.253 e. The van der Waals surface area contributed by atoms with Crippen LogP contribution in [0.2, 0.25) is 5.02 Å². The van der Waals surface area contributed by atoms with Crippen LogP contribution in [-0.4, -0.2) is 81.4 Å². The van der Waals surface area contributed by atoms with E-state index in [1.807, 2.05) is 30.3 Å². The number of β-amino-alcohol motifs (C(OH)–C–C–N with tert-alkyl or cyclic N) is 1. The summed E-state index contributed by atoms with van der Waals surface area (Å²) in [7, 11) is 0. The Hall–Kier alpha value is -2.98. The summed E-state index contributed by atoms with van der Waals surface area (Å²) in [5.41, 5.74) is 0.172. The second-order valence-electron chi connectivity index (χ2n) is 10.6. The molecule has 0 radical (unpaired) electrons. The van der Waals surface area contributed by atoms with E-state index < -0.39 is 35.5 Å². The zero-order valence-electron chi connectivity index (χ0n) is 22.6. The second-order valence-corrected chi connectivity index (χ2v) is 12.2. The summed E-state index contributed by atoms with van der Waals surface area (Å²) in [6.07, 6.45) is 3.01. The van der Waals surface area contributed by atoms with E-state index in [1.54, 1.807) is 41.3 Å². The molecule has 8 nitrogen and oxygen atoms in total. The van der Waals surface area contributed by atoms with Crippen LogP contribution in [-0.2, 0) is 25.7 Å². The number of para-hydroxylation sites is 1. The summed E-state index contributed by atoms with van der Waals surface area (Å²) in [5.74, 6) is -2.68. The van der Waals surface area contributed by atoms with Crippen molar-refractivity contribution < 1.29 is 24.2 Å². The molecule has 41 heavy (non-hydrogen) atoms. The molecule has 0 saturated carbocycles. The van der Waals surface area contributed by atoms with Crippen LogP contribution in [0.15, 0.2) is 79.9 Å². The number of fused-ring (bicyclic) bond motifs is 1. The summed E-state index contributed by atoms with van der Waals surface area (Å²) in [4.78, 5) is 47.1. The molecule has 216 valence electrons. The number of rotatable bonds is 11. The highest BCUT2D eigenvalue weighted by Gasteiger charge is 2.76. The molecule has 0 aromatic heterocycles. The normalized spacial score (nSPS) is 27.9. The predicted octanol–water partition coefficient (Wildman–Crippen LogP) is 3.81. The Balaban J connectivity index is 1.55. The van der Waals surface area contributed by atoms with Crippen LogP contribution >= 0.6 is 27.5 Å². The summed E-state index contributed by atoms with van der Waals surface area (Å²) in [6.45, 7) is 8.01. The molecule has 3 amide bonds. The number of benzene rings is 2. The van der Waals surface area contributed by atoms with Gasteiger partial charge < -0.3 is 24.5 Å². The van der Waals surface area contributed by atoms with E-state index in [0.717, 1.165) is 5.56 Å². The molecule has 5 rings (SSSR count). The van der Waals surface area contributed by atoms with Crippen molar-refractivity contribution in [2.24, 2.45) is 11.8 Å². The van der Waals surface area contributed by atoms with E-state index in [2.05, 4.69) is 29.1 Å². The molecule has 3 saturated heterocycles. The van der Waals surface area contributed by atoms with E-state index in [1.165, 1.54) is 9.80 Å². The van der Waals surface area contributed by atoms with Gasteiger partial charge in [-0.25, -0.2) is 0 Å². The second kappa shape index (κ2) is 12.1. The van der Waals surface area contributed by atoms with Crippen molar-refractivity contribution in [2.75, 3.05) is 31.1 Å². The molecular weight excluding hydrogens is 610 g/mol. The minimum atomic E-state index is -1.25. The largest absolute Gasteiger partial charge is 0.395 e. The standard InChI is InChI=1S/C31H33BrClN3O5/c1-3-14-34(19-20-10-6-5-7-11-20)28(38)24-25-29(39)36(16-17-37)27(31(25)18-21(32)26(24)41-31)30(40)35(15-4-2)23-13-9-8-12-22(23)33/h3-13,21,24-27,37H,1-2,14-19H2/t21?,24-,25+,26-,27?,31?/m1/s1. The van der Waals surface area contributed by atoms with Crippen LogP contribution in [0.25, 0.3) is 0 Å². The maximum atomic E-state index is 14.4. The molecule has 10 heteroatoms. The molecule has 1 spiro atoms. The Bertz CT molecular complexity index is 1340. The fraction of sp³-hybridized carbons (Fsp3) is 0.387. The first-order chi connectivity index (χ1) is 19.8. The highest BCUT2D eigenvalue weighted by Crippen LogP contribution is 2.60. The van der Waals surface area contributed by atoms with Gasteiger partial charge in [-0.05, 0) is 24.1 Å². The third kappa shape index (κ3) is 5.03.